The lowest BCUT2D eigenvalue weighted by molar-refractivity contribution is 0.110. The first-order valence-electron chi connectivity index (χ1n) is 4.15. The summed E-state index contributed by atoms with van der Waals surface area (Å²) in [6.45, 7) is 3.30. The number of hydrogen-bond donors (Lipinski definition) is 2. The molecule has 0 radical (unpaired) electrons. The summed E-state index contributed by atoms with van der Waals surface area (Å²) in [6.07, 6.45) is 1.10. The lowest BCUT2D eigenvalue weighted by Gasteiger charge is -2.28. The fourth-order valence-corrected chi connectivity index (χ4v) is 1.79. The highest BCUT2D eigenvalue weighted by molar-refractivity contribution is 4.88. The van der Waals surface area contributed by atoms with E-state index in [4.69, 9.17) is 0 Å². The monoisotopic (exact) mass is 158 g/mol. The highest BCUT2D eigenvalue weighted by atomic mass is 16.3. The summed E-state index contributed by atoms with van der Waals surface area (Å²) in [6, 6.07) is 0. The van der Waals surface area contributed by atoms with Gasteiger partial charge in [-0.05, 0) is 27.1 Å². The van der Waals surface area contributed by atoms with Crippen LogP contribution in [-0.2, 0) is 0 Å². The second kappa shape index (κ2) is 3.52. The smallest absolute Gasteiger partial charge is 0.0512 e. The number of rotatable bonds is 3. The van der Waals surface area contributed by atoms with Crippen molar-refractivity contribution in [3.8, 4) is 0 Å². The van der Waals surface area contributed by atoms with Crippen LogP contribution in [0.4, 0.5) is 0 Å². The predicted molar refractivity (Wildman–Crippen MR) is 45.6 cm³/mol. The first kappa shape index (κ1) is 8.97. The van der Waals surface area contributed by atoms with Gasteiger partial charge in [0.2, 0.25) is 0 Å². The van der Waals surface area contributed by atoms with Gasteiger partial charge in [0.15, 0.2) is 0 Å². The SMILES string of the molecule is CN(C)CC1(CO)CCNC1. The van der Waals surface area contributed by atoms with Crippen LogP contribution >= 0.6 is 0 Å². The van der Waals surface area contributed by atoms with E-state index in [1.165, 1.54) is 0 Å². The van der Waals surface area contributed by atoms with Crippen LogP contribution in [0.1, 0.15) is 6.42 Å². The molecule has 1 rings (SSSR count). The lowest BCUT2D eigenvalue weighted by Crippen LogP contribution is -2.38. The third-order valence-electron chi connectivity index (χ3n) is 2.32. The normalized spacial score (nSPS) is 31.6. The summed E-state index contributed by atoms with van der Waals surface area (Å²) >= 11 is 0. The molecule has 0 aromatic heterocycles. The first-order chi connectivity index (χ1) is 5.18. The zero-order valence-corrected chi connectivity index (χ0v) is 7.43. The molecule has 11 heavy (non-hydrogen) atoms. The van der Waals surface area contributed by atoms with Gasteiger partial charge in [0.25, 0.3) is 0 Å². The van der Waals surface area contributed by atoms with E-state index >= 15 is 0 Å². The Labute approximate surface area is 68.4 Å². The number of nitrogens with zero attached hydrogens (tertiary/aromatic N) is 1. The van der Waals surface area contributed by atoms with Crippen molar-refractivity contribution in [2.45, 2.75) is 6.42 Å². The molecule has 1 unspecified atom stereocenters. The van der Waals surface area contributed by atoms with Crippen LogP contribution in [-0.4, -0.2) is 50.3 Å². The van der Waals surface area contributed by atoms with Crippen molar-refractivity contribution in [2.24, 2.45) is 5.41 Å². The number of aliphatic hydroxyl groups is 1. The standard InChI is InChI=1S/C8H18N2O/c1-10(2)6-8(7-11)3-4-9-5-8/h9,11H,3-7H2,1-2H3. The minimum Gasteiger partial charge on any atom is -0.396 e. The van der Waals surface area contributed by atoms with Gasteiger partial charge in [0.1, 0.15) is 0 Å². The second-order valence-electron chi connectivity index (χ2n) is 3.82. The van der Waals surface area contributed by atoms with E-state index in [-0.39, 0.29) is 5.41 Å². The van der Waals surface area contributed by atoms with Crippen molar-refractivity contribution in [3.05, 3.63) is 0 Å². The molecule has 3 heteroatoms. The summed E-state index contributed by atoms with van der Waals surface area (Å²) in [5.41, 5.74) is 0.128. The van der Waals surface area contributed by atoms with E-state index in [1.54, 1.807) is 0 Å². The summed E-state index contributed by atoms with van der Waals surface area (Å²) in [5.74, 6) is 0. The molecule has 66 valence electrons. The van der Waals surface area contributed by atoms with E-state index in [1.807, 2.05) is 0 Å². The Morgan fingerprint density at radius 2 is 2.27 bits per heavy atom. The first-order valence-corrected chi connectivity index (χ1v) is 4.15. The van der Waals surface area contributed by atoms with E-state index in [0.29, 0.717) is 6.61 Å². The molecule has 1 saturated heterocycles. The van der Waals surface area contributed by atoms with Crippen molar-refractivity contribution >= 4 is 0 Å². The van der Waals surface area contributed by atoms with Gasteiger partial charge in [-0.1, -0.05) is 0 Å². The Morgan fingerprint density at radius 3 is 2.64 bits per heavy atom. The van der Waals surface area contributed by atoms with Gasteiger partial charge >= 0.3 is 0 Å². The fraction of sp³-hybridized carbons (Fsp3) is 1.00. The molecule has 0 aromatic rings. The van der Waals surface area contributed by atoms with Gasteiger partial charge in [-0.3, -0.25) is 0 Å². The molecular formula is C8H18N2O. The maximum atomic E-state index is 9.20. The second-order valence-corrected chi connectivity index (χ2v) is 3.82. The minimum absolute atomic E-state index is 0.128. The van der Waals surface area contributed by atoms with E-state index in [2.05, 4.69) is 24.3 Å². The van der Waals surface area contributed by atoms with E-state index < -0.39 is 0 Å². The van der Waals surface area contributed by atoms with Crippen molar-refractivity contribution in [3.63, 3.8) is 0 Å². The molecule has 1 aliphatic rings. The van der Waals surface area contributed by atoms with Crippen LogP contribution in [0.5, 0.6) is 0 Å². The maximum absolute atomic E-state index is 9.20. The molecule has 3 nitrogen and oxygen atoms in total. The van der Waals surface area contributed by atoms with E-state index in [0.717, 1.165) is 26.1 Å². The van der Waals surface area contributed by atoms with Crippen LogP contribution in [0.2, 0.25) is 0 Å². The molecule has 0 saturated carbocycles. The molecular weight excluding hydrogens is 140 g/mol. The van der Waals surface area contributed by atoms with Gasteiger partial charge in [-0.2, -0.15) is 0 Å². The van der Waals surface area contributed by atoms with Crippen molar-refractivity contribution in [1.29, 1.82) is 0 Å². The maximum Gasteiger partial charge on any atom is 0.0512 e. The molecule has 2 N–H and O–H groups in total. The molecule has 0 amide bonds. The number of aliphatic hydroxyl groups excluding tert-OH is 1. The highest BCUT2D eigenvalue weighted by Crippen LogP contribution is 2.24. The van der Waals surface area contributed by atoms with Crippen LogP contribution in [0.15, 0.2) is 0 Å². The zero-order chi connectivity index (χ0) is 8.32. The zero-order valence-electron chi connectivity index (χ0n) is 7.43. The molecule has 0 aliphatic carbocycles. The number of nitrogens with one attached hydrogen (secondary N) is 1. The highest BCUT2D eigenvalue weighted by Gasteiger charge is 2.33. The average molecular weight is 158 g/mol. The van der Waals surface area contributed by atoms with Gasteiger partial charge in [0.05, 0.1) is 6.61 Å². The average Bonchev–Trinajstić information content (AvgIpc) is 2.36. The summed E-state index contributed by atoms with van der Waals surface area (Å²) < 4.78 is 0. The van der Waals surface area contributed by atoms with Crippen molar-refractivity contribution in [1.82, 2.24) is 10.2 Å². The number of hydrogen-bond acceptors (Lipinski definition) is 3. The summed E-state index contributed by atoms with van der Waals surface area (Å²) in [4.78, 5) is 2.14. The Morgan fingerprint density at radius 1 is 1.55 bits per heavy atom. The third kappa shape index (κ3) is 2.15. The summed E-state index contributed by atoms with van der Waals surface area (Å²) in [5, 5.41) is 12.5. The van der Waals surface area contributed by atoms with Crippen LogP contribution < -0.4 is 5.32 Å². The molecule has 1 fully saturated rings. The fourth-order valence-electron chi connectivity index (χ4n) is 1.79. The molecule has 1 heterocycles. The molecule has 0 bridgehead atoms. The Hall–Kier alpha value is -0.120. The Bertz CT molecular complexity index is 119. The van der Waals surface area contributed by atoms with Crippen molar-refractivity contribution < 1.29 is 5.11 Å². The van der Waals surface area contributed by atoms with Crippen molar-refractivity contribution in [2.75, 3.05) is 40.3 Å². The largest absolute Gasteiger partial charge is 0.396 e. The predicted octanol–water partition coefficient (Wildman–Crippen LogP) is -0.480. The topological polar surface area (TPSA) is 35.5 Å². The van der Waals surface area contributed by atoms with Crippen LogP contribution in [0.3, 0.4) is 0 Å². The molecule has 0 spiro atoms. The van der Waals surface area contributed by atoms with Gasteiger partial charge in [-0.25, -0.2) is 0 Å². The lowest BCUT2D eigenvalue weighted by atomic mass is 9.88. The molecule has 1 atom stereocenters. The quantitative estimate of drug-likeness (QED) is 0.582. The van der Waals surface area contributed by atoms with Gasteiger partial charge in [-0.15, -0.1) is 0 Å². The minimum atomic E-state index is 0.128. The third-order valence-corrected chi connectivity index (χ3v) is 2.32. The molecule has 0 aromatic carbocycles. The summed E-state index contributed by atoms with van der Waals surface area (Å²) in [7, 11) is 4.10. The van der Waals surface area contributed by atoms with Gasteiger partial charge in [0, 0.05) is 18.5 Å². The Kier molecular flexibility index (Phi) is 2.87. The van der Waals surface area contributed by atoms with E-state index in [9.17, 15) is 5.11 Å². The van der Waals surface area contributed by atoms with Gasteiger partial charge < -0.3 is 15.3 Å². The van der Waals surface area contributed by atoms with Crippen LogP contribution in [0, 0.1) is 5.41 Å². The Balaban J connectivity index is 2.45. The molecule has 1 aliphatic heterocycles. The van der Waals surface area contributed by atoms with Crippen LogP contribution in [0.25, 0.3) is 0 Å².